The molecule has 4 nitrogen and oxygen atoms in total. The maximum Gasteiger partial charge on any atom is 0.0694 e. The molecule has 4 rings (SSSR count). The average Bonchev–Trinajstić information content (AvgIpc) is 2.70. The molecule has 0 radical (unpaired) electrons. The molecule has 0 spiro atoms. The van der Waals surface area contributed by atoms with Crippen molar-refractivity contribution in [3.63, 3.8) is 0 Å². The Morgan fingerprint density at radius 2 is 2.00 bits per heavy atom. The minimum atomic E-state index is 0.809. The molecule has 3 heterocycles. The number of pyridine rings is 1. The van der Waals surface area contributed by atoms with E-state index in [2.05, 4.69) is 46.3 Å². The number of aromatic nitrogens is 1. The van der Waals surface area contributed by atoms with E-state index in [9.17, 15) is 0 Å². The molecule has 1 saturated heterocycles. The van der Waals surface area contributed by atoms with E-state index >= 15 is 0 Å². The van der Waals surface area contributed by atoms with Crippen molar-refractivity contribution in [1.29, 1.82) is 0 Å². The van der Waals surface area contributed by atoms with Crippen molar-refractivity contribution in [1.82, 2.24) is 4.98 Å². The first kappa shape index (κ1) is 16.0. The average molecular weight is 333 g/mol. The first-order valence-electron chi connectivity index (χ1n) is 8.99. The topological polar surface area (TPSA) is 37.7 Å². The van der Waals surface area contributed by atoms with Gasteiger partial charge in [0.2, 0.25) is 0 Å². The zero-order chi connectivity index (χ0) is 16.9. The third-order valence-electron chi connectivity index (χ3n) is 4.70. The Balaban J connectivity index is 1.63. The van der Waals surface area contributed by atoms with Crippen LogP contribution in [0.4, 0.5) is 5.69 Å². The highest BCUT2D eigenvalue weighted by molar-refractivity contribution is 6.15. The van der Waals surface area contributed by atoms with Crippen LogP contribution in [0.5, 0.6) is 0 Å². The highest BCUT2D eigenvalue weighted by atomic mass is 16.5. The van der Waals surface area contributed by atoms with E-state index in [1.807, 2.05) is 18.5 Å². The highest BCUT2D eigenvalue weighted by Crippen LogP contribution is 2.24. The van der Waals surface area contributed by atoms with Crippen LogP contribution in [-0.2, 0) is 4.74 Å². The number of aliphatic imine (C=N–C) groups is 1. The summed E-state index contributed by atoms with van der Waals surface area (Å²) in [5.41, 5.74) is 6.01. The summed E-state index contributed by atoms with van der Waals surface area (Å²) in [4.78, 5) is 11.4. The number of allylic oxidation sites excluding steroid dienone is 1. The molecule has 25 heavy (non-hydrogen) atoms. The molecule has 1 fully saturated rings. The van der Waals surface area contributed by atoms with Gasteiger partial charge in [-0.25, -0.2) is 0 Å². The summed E-state index contributed by atoms with van der Waals surface area (Å²) in [5.74, 6) is 0. The molecule has 0 atom stereocenters. The molecule has 2 aliphatic heterocycles. The SMILES string of the molecule is C(=C1/CCCN=C1c1cccnc1)/c1cccc(N2CCOCC2)c1. The van der Waals surface area contributed by atoms with Gasteiger partial charge in [-0.3, -0.25) is 9.98 Å². The molecule has 4 heteroatoms. The summed E-state index contributed by atoms with van der Waals surface area (Å²) in [6.45, 7) is 4.44. The third kappa shape index (κ3) is 3.80. The molecule has 0 unspecified atom stereocenters. The van der Waals surface area contributed by atoms with Crippen LogP contribution in [0.2, 0.25) is 0 Å². The van der Waals surface area contributed by atoms with E-state index in [0.717, 1.165) is 57.0 Å². The van der Waals surface area contributed by atoms with E-state index in [1.54, 1.807) is 0 Å². The zero-order valence-corrected chi connectivity index (χ0v) is 14.4. The molecule has 0 bridgehead atoms. The van der Waals surface area contributed by atoms with Gasteiger partial charge < -0.3 is 9.64 Å². The van der Waals surface area contributed by atoms with Crippen molar-refractivity contribution < 1.29 is 4.74 Å². The third-order valence-corrected chi connectivity index (χ3v) is 4.70. The van der Waals surface area contributed by atoms with Gasteiger partial charge in [-0.2, -0.15) is 0 Å². The number of hydrogen-bond donors (Lipinski definition) is 0. The second-order valence-electron chi connectivity index (χ2n) is 6.44. The van der Waals surface area contributed by atoms with Crippen LogP contribution in [0, 0.1) is 0 Å². The summed E-state index contributed by atoms with van der Waals surface area (Å²) in [5, 5.41) is 0. The predicted octanol–water partition coefficient (Wildman–Crippen LogP) is 3.58. The van der Waals surface area contributed by atoms with Crippen LogP contribution >= 0.6 is 0 Å². The Bertz CT molecular complexity index is 777. The molecule has 0 amide bonds. The standard InChI is InChI=1S/C21H23N3O/c1-4-17(15-20(7-1)24-10-12-25-13-11-24)14-18-5-3-9-23-21(18)19-6-2-8-22-16-19/h1-2,4,6-8,14-16H,3,5,9-13H2/b18-14+. The Kier molecular flexibility index (Phi) is 4.89. The molecule has 0 saturated carbocycles. The molecule has 128 valence electrons. The molecule has 0 N–H and O–H groups in total. The first-order valence-corrected chi connectivity index (χ1v) is 8.99. The molecular formula is C21H23N3O. The number of anilines is 1. The van der Waals surface area contributed by atoms with Crippen LogP contribution in [0.25, 0.3) is 6.08 Å². The van der Waals surface area contributed by atoms with E-state index in [-0.39, 0.29) is 0 Å². The second kappa shape index (κ2) is 7.62. The van der Waals surface area contributed by atoms with Crippen molar-refractivity contribution in [3.05, 3.63) is 65.5 Å². The van der Waals surface area contributed by atoms with E-state index in [0.29, 0.717) is 0 Å². The van der Waals surface area contributed by atoms with Gasteiger partial charge in [0.1, 0.15) is 0 Å². The summed E-state index contributed by atoms with van der Waals surface area (Å²) < 4.78 is 5.46. The summed E-state index contributed by atoms with van der Waals surface area (Å²) in [6.07, 6.45) is 8.17. The van der Waals surface area contributed by atoms with Gasteiger partial charge in [-0.15, -0.1) is 0 Å². The van der Waals surface area contributed by atoms with Crippen LogP contribution in [0.3, 0.4) is 0 Å². The van der Waals surface area contributed by atoms with Crippen molar-refractivity contribution >= 4 is 17.5 Å². The lowest BCUT2D eigenvalue weighted by Crippen LogP contribution is -2.36. The van der Waals surface area contributed by atoms with Gasteiger partial charge in [0, 0.05) is 43.3 Å². The molecule has 0 aliphatic carbocycles. The van der Waals surface area contributed by atoms with Crippen LogP contribution in [0.1, 0.15) is 24.0 Å². The van der Waals surface area contributed by atoms with Gasteiger partial charge in [0.15, 0.2) is 0 Å². The maximum absolute atomic E-state index is 5.46. The Morgan fingerprint density at radius 1 is 1.08 bits per heavy atom. The van der Waals surface area contributed by atoms with Gasteiger partial charge in [0.25, 0.3) is 0 Å². The molecular weight excluding hydrogens is 310 g/mol. The zero-order valence-electron chi connectivity index (χ0n) is 14.4. The minimum Gasteiger partial charge on any atom is -0.378 e. The lowest BCUT2D eigenvalue weighted by molar-refractivity contribution is 0.122. The fraction of sp³-hybridized carbons (Fsp3) is 0.333. The monoisotopic (exact) mass is 333 g/mol. The Labute approximate surface area is 148 Å². The van der Waals surface area contributed by atoms with Gasteiger partial charge in [-0.05, 0) is 54.3 Å². The quantitative estimate of drug-likeness (QED) is 0.861. The Hall–Kier alpha value is -2.46. The van der Waals surface area contributed by atoms with E-state index in [1.165, 1.54) is 16.8 Å². The highest BCUT2D eigenvalue weighted by Gasteiger charge is 2.15. The van der Waals surface area contributed by atoms with Crippen LogP contribution in [0.15, 0.2) is 59.4 Å². The van der Waals surface area contributed by atoms with Crippen LogP contribution in [-0.4, -0.2) is 43.5 Å². The van der Waals surface area contributed by atoms with E-state index < -0.39 is 0 Å². The van der Waals surface area contributed by atoms with E-state index in [4.69, 9.17) is 9.73 Å². The van der Waals surface area contributed by atoms with Gasteiger partial charge in [0.05, 0.1) is 18.9 Å². The second-order valence-corrected chi connectivity index (χ2v) is 6.44. The van der Waals surface area contributed by atoms with Crippen molar-refractivity contribution in [2.45, 2.75) is 12.8 Å². The lowest BCUT2D eigenvalue weighted by atomic mass is 9.95. The summed E-state index contributed by atoms with van der Waals surface area (Å²) in [6, 6.07) is 12.8. The number of morpholine rings is 1. The van der Waals surface area contributed by atoms with Crippen LogP contribution < -0.4 is 4.90 Å². The van der Waals surface area contributed by atoms with Gasteiger partial charge in [-0.1, -0.05) is 12.1 Å². The molecule has 1 aromatic heterocycles. The molecule has 2 aromatic rings. The number of benzene rings is 1. The van der Waals surface area contributed by atoms with Gasteiger partial charge >= 0.3 is 0 Å². The van der Waals surface area contributed by atoms with Crippen molar-refractivity contribution in [2.75, 3.05) is 37.7 Å². The van der Waals surface area contributed by atoms with Crippen molar-refractivity contribution in [2.24, 2.45) is 4.99 Å². The molecule has 1 aromatic carbocycles. The number of hydrogen-bond acceptors (Lipinski definition) is 4. The fourth-order valence-corrected chi connectivity index (χ4v) is 3.43. The number of nitrogens with zero attached hydrogens (tertiary/aromatic N) is 3. The summed E-state index contributed by atoms with van der Waals surface area (Å²) in [7, 11) is 0. The lowest BCUT2D eigenvalue weighted by Gasteiger charge is -2.29. The number of rotatable bonds is 3. The van der Waals surface area contributed by atoms with Crippen molar-refractivity contribution in [3.8, 4) is 0 Å². The Morgan fingerprint density at radius 3 is 2.84 bits per heavy atom. The number of ether oxygens (including phenoxy) is 1. The first-order chi connectivity index (χ1) is 12.4. The maximum atomic E-state index is 5.46. The summed E-state index contributed by atoms with van der Waals surface area (Å²) >= 11 is 0. The minimum absolute atomic E-state index is 0.809. The normalized spacial score (nSPS) is 19.8. The largest absolute Gasteiger partial charge is 0.378 e. The fourth-order valence-electron chi connectivity index (χ4n) is 3.43. The predicted molar refractivity (Wildman–Crippen MR) is 102 cm³/mol. The molecule has 2 aliphatic rings. The smallest absolute Gasteiger partial charge is 0.0694 e.